The number of hydrogen-bond acceptors (Lipinski definition) is 9. The molecule has 2 atom stereocenters. The zero-order chi connectivity index (χ0) is 35.4. The Labute approximate surface area is 293 Å². The Kier molecular flexibility index (Phi) is 8.53. The van der Waals surface area contributed by atoms with Crippen molar-refractivity contribution in [3.63, 3.8) is 0 Å². The van der Waals surface area contributed by atoms with E-state index in [2.05, 4.69) is 20.8 Å². The van der Waals surface area contributed by atoms with Crippen molar-refractivity contribution < 1.29 is 32.5 Å². The van der Waals surface area contributed by atoms with E-state index in [1.807, 2.05) is 4.90 Å². The second-order valence-corrected chi connectivity index (χ2v) is 14.3. The summed E-state index contributed by atoms with van der Waals surface area (Å²) in [5.74, 6) is 1.18. The summed E-state index contributed by atoms with van der Waals surface area (Å²) >= 11 is 0. The topological polar surface area (TPSA) is 104 Å². The van der Waals surface area contributed by atoms with Gasteiger partial charge in [-0.25, -0.2) is 18.0 Å². The van der Waals surface area contributed by atoms with Gasteiger partial charge in [0.25, 0.3) is 0 Å². The lowest BCUT2D eigenvalue weighted by molar-refractivity contribution is 0.0825. The Morgan fingerprint density at radius 1 is 1.10 bits per heavy atom. The second-order valence-electron chi connectivity index (χ2n) is 14.3. The standard InChI is InChI=1S/C38H39F3N6O4/c1-3-27-30(40)8-5-22-15-26(48)16-28(31(22)27)33-32(41)34-29(17-42-33)35(46-18-24-6-7-25(19-46)47(24)37(49)50-4-2)44-36(43-34)51-21-38(11-12-38)20-45-13-9-23(39)10-14-45/h1,5,8,15-17,23-25,48H,4,6-7,9-14,18-21H2,2H3. The Bertz CT molecular complexity index is 2050. The number of hydrogen-bond donors (Lipinski definition) is 1. The molecule has 4 aliphatic rings. The number of carbonyl (C=O) groups excluding carboxylic acids is 1. The number of halogens is 3. The predicted molar refractivity (Wildman–Crippen MR) is 185 cm³/mol. The fourth-order valence-corrected chi connectivity index (χ4v) is 8.12. The van der Waals surface area contributed by atoms with Crippen molar-refractivity contribution in [1.82, 2.24) is 24.8 Å². The number of benzene rings is 2. The van der Waals surface area contributed by atoms with Crippen LogP contribution in [-0.4, -0.2) is 100 Å². The van der Waals surface area contributed by atoms with Crippen LogP contribution in [0.25, 0.3) is 32.9 Å². The van der Waals surface area contributed by atoms with Gasteiger partial charge in [0.2, 0.25) is 0 Å². The van der Waals surface area contributed by atoms with E-state index in [1.54, 1.807) is 11.8 Å². The fraction of sp³-hybridized carbons (Fsp3) is 0.474. The maximum absolute atomic E-state index is 17.0. The van der Waals surface area contributed by atoms with Crippen LogP contribution in [0.2, 0.25) is 0 Å². The quantitative estimate of drug-likeness (QED) is 0.215. The van der Waals surface area contributed by atoms with Crippen molar-refractivity contribution in [2.75, 3.05) is 50.8 Å². The Balaban J connectivity index is 1.19. The molecule has 3 aliphatic heterocycles. The molecule has 10 nitrogen and oxygen atoms in total. The number of piperidine rings is 1. The molecule has 1 aliphatic carbocycles. The van der Waals surface area contributed by atoms with Crippen LogP contribution in [0, 0.1) is 29.4 Å². The highest BCUT2D eigenvalue weighted by Gasteiger charge is 2.46. The lowest BCUT2D eigenvalue weighted by Crippen LogP contribution is -2.56. The summed E-state index contributed by atoms with van der Waals surface area (Å²) in [6.45, 7) is 5.45. The third-order valence-corrected chi connectivity index (χ3v) is 10.9. The number of terminal acetylenes is 1. The zero-order valence-corrected chi connectivity index (χ0v) is 28.4. The SMILES string of the molecule is C#Cc1c(F)ccc2cc(O)cc(-c3ncc4c(N5CC6CCC(C5)N6C(=O)OCC)nc(OCC5(CN6CCC(F)CC6)CC5)nc4c3F)c12. The lowest BCUT2D eigenvalue weighted by atomic mass is 9.96. The van der Waals surface area contributed by atoms with Crippen molar-refractivity contribution in [2.45, 2.75) is 63.7 Å². The number of carbonyl (C=O) groups is 1. The molecule has 2 bridgehead atoms. The third kappa shape index (κ3) is 6.13. The summed E-state index contributed by atoms with van der Waals surface area (Å²) in [6.07, 6.45) is 10.6. The highest BCUT2D eigenvalue weighted by molar-refractivity contribution is 6.03. The molecule has 2 aromatic heterocycles. The number of aromatic nitrogens is 3. The summed E-state index contributed by atoms with van der Waals surface area (Å²) in [5, 5.41) is 11.6. The van der Waals surface area contributed by atoms with Crippen LogP contribution in [0.4, 0.5) is 23.8 Å². The maximum Gasteiger partial charge on any atom is 0.410 e. The first-order chi connectivity index (χ1) is 24.7. The van der Waals surface area contributed by atoms with E-state index < -0.39 is 17.8 Å². The van der Waals surface area contributed by atoms with Crippen LogP contribution in [0.3, 0.4) is 0 Å². The van der Waals surface area contributed by atoms with Gasteiger partial charge in [-0.3, -0.25) is 9.88 Å². The largest absolute Gasteiger partial charge is 0.508 e. The van der Waals surface area contributed by atoms with Gasteiger partial charge in [-0.15, -0.1) is 6.42 Å². The number of ether oxygens (including phenoxy) is 2. The van der Waals surface area contributed by atoms with Crippen LogP contribution in [-0.2, 0) is 4.74 Å². The number of pyridine rings is 1. The molecule has 13 heteroatoms. The number of piperazine rings is 1. The van der Waals surface area contributed by atoms with E-state index in [0.29, 0.717) is 62.2 Å². The summed E-state index contributed by atoms with van der Waals surface area (Å²) in [6, 6.07) is 5.19. The van der Waals surface area contributed by atoms with Crippen LogP contribution < -0.4 is 9.64 Å². The third-order valence-electron chi connectivity index (χ3n) is 10.9. The highest BCUT2D eigenvalue weighted by Crippen LogP contribution is 2.47. The predicted octanol–water partition coefficient (Wildman–Crippen LogP) is 6.21. The molecule has 3 saturated heterocycles. The Morgan fingerprint density at radius 2 is 1.84 bits per heavy atom. The molecule has 5 heterocycles. The summed E-state index contributed by atoms with van der Waals surface area (Å²) in [7, 11) is 0. The van der Waals surface area contributed by atoms with Gasteiger partial charge in [0.1, 0.15) is 34.8 Å². The Morgan fingerprint density at radius 3 is 2.53 bits per heavy atom. The molecule has 8 rings (SSSR count). The van der Waals surface area contributed by atoms with Gasteiger partial charge in [-0.1, -0.05) is 12.0 Å². The lowest BCUT2D eigenvalue weighted by Gasteiger charge is -2.41. The van der Waals surface area contributed by atoms with Gasteiger partial charge in [0.05, 0.1) is 36.2 Å². The Hall–Kier alpha value is -4.83. The first-order valence-corrected chi connectivity index (χ1v) is 17.6. The number of aromatic hydroxyl groups is 1. The number of fused-ring (bicyclic) bond motifs is 4. The molecule has 4 fully saturated rings. The second kappa shape index (κ2) is 13.1. The van der Waals surface area contributed by atoms with E-state index in [4.69, 9.17) is 20.9 Å². The minimum absolute atomic E-state index is 0.00131. The molecular weight excluding hydrogens is 661 g/mol. The molecular formula is C38H39F3N6O4. The summed E-state index contributed by atoms with van der Waals surface area (Å²) < 4.78 is 57.3. The molecule has 1 N–H and O–H groups in total. The van der Waals surface area contributed by atoms with Gasteiger partial charge in [0.15, 0.2) is 5.82 Å². The maximum atomic E-state index is 17.0. The van der Waals surface area contributed by atoms with Crippen molar-refractivity contribution in [3.05, 3.63) is 47.7 Å². The van der Waals surface area contributed by atoms with Gasteiger partial charge in [-0.05, 0) is 69.0 Å². The normalized spacial score (nSPS) is 21.6. The van der Waals surface area contributed by atoms with Crippen molar-refractivity contribution in [2.24, 2.45) is 5.41 Å². The average molecular weight is 701 g/mol. The molecule has 1 amide bonds. The van der Waals surface area contributed by atoms with Crippen LogP contribution in [0.15, 0.2) is 30.5 Å². The number of likely N-dealkylation sites (tertiary alicyclic amines) is 1. The number of alkyl halides is 1. The minimum atomic E-state index is -0.802. The molecule has 1 saturated carbocycles. The molecule has 51 heavy (non-hydrogen) atoms. The fourth-order valence-electron chi connectivity index (χ4n) is 8.12. The van der Waals surface area contributed by atoms with Crippen molar-refractivity contribution in [1.29, 1.82) is 0 Å². The van der Waals surface area contributed by atoms with Gasteiger partial charge in [0, 0.05) is 55.3 Å². The van der Waals surface area contributed by atoms with E-state index in [1.165, 1.54) is 30.5 Å². The number of phenols is 1. The molecule has 0 spiro atoms. The first-order valence-electron chi connectivity index (χ1n) is 17.6. The van der Waals surface area contributed by atoms with Gasteiger partial charge in [-0.2, -0.15) is 9.97 Å². The molecule has 4 aromatic rings. The van der Waals surface area contributed by atoms with Crippen LogP contribution >= 0.6 is 0 Å². The highest BCUT2D eigenvalue weighted by atomic mass is 19.1. The number of nitrogens with zero attached hydrogens (tertiary/aromatic N) is 6. The van der Waals surface area contributed by atoms with Crippen LogP contribution in [0.5, 0.6) is 11.8 Å². The summed E-state index contributed by atoms with van der Waals surface area (Å²) in [4.78, 5) is 32.9. The molecule has 266 valence electrons. The average Bonchev–Trinajstić information content (AvgIpc) is 3.83. The van der Waals surface area contributed by atoms with Crippen LogP contribution in [0.1, 0.15) is 51.0 Å². The van der Waals surface area contributed by atoms with E-state index in [0.717, 1.165) is 32.2 Å². The smallest absolute Gasteiger partial charge is 0.410 e. The van der Waals surface area contributed by atoms with E-state index in [-0.39, 0.29) is 69.7 Å². The number of amides is 1. The zero-order valence-electron chi connectivity index (χ0n) is 28.4. The van der Waals surface area contributed by atoms with E-state index >= 15 is 4.39 Å². The van der Waals surface area contributed by atoms with E-state index in [9.17, 15) is 18.7 Å². The number of anilines is 1. The monoisotopic (exact) mass is 700 g/mol. The minimum Gasteiger partial charge on any atom is -0.508 e. The first kappa shape index (κ1) is 33.3. The molecule has 2 unspecified atom stereocenters. The summed E-state index contributed by atoms with van der Waals surface area (Å²) in [5.41, 5.74) is -0.288. The van der Waals surface area contributed by atoms with Gasteiger partial charge >= 0.3 is 12.1 Å². The van der Waals surface area contributed by atoms with Crippen molar-refractivity contribution >= 4 is 33.6 Å². The number of phenolic OH excluding ortho intramolecular Hbond substituents is 1. The molecule has 0 radical (unpaired) electrons. The number of rotatable bonds is 8. The van der Waals surface area contributed by atoms with Gasteiger partial charge < -0.3 is 24.4 Å². The molecule has 2 aromatic carbocycles. The van der Waals surface area contributed by atoms with Crippen molar-refractivity contribution in [3.8, 4) is 35.4 Å².